The lowest BCUT2D eigenvalue weighted by atomic mass is 9.64. The molecule has 2 aliphatic rings. The minimum absolute atomic E-state index is 0.132. The van der Waals surface area contributed by atoms with E-state index in [1.807, 2.05) is 24.5 Å². The van der Waals surface area contributed by atoms with E-state index in [1.54, 1.807) is 7.11 Å². The molecule has 1 heterocycles. The van der Waals surface area contributed by atoms with Crippen molar-refractivity contribution in [3.05, 3.63) is 90.8 Å². The second kappa shape index (κ2) is 8.05. The standard InChI is InChI=1S/C25H27NO2/c1-3-19-8-6-7-15-25(19,20-13-16-26-17-14-20)21-11-12-23(27-2)24(18-21)28-22-9-4-5-10-22/h3,6-8,11-19,22H,1,4-5,9-10H2,2H3. The highest BCUT2D eigenvalue weighted by atomic mass is 16.5. The average Bonchev–Trinajstić information content (AvgIpc) is 3.27. The number of hydrogen-bond acceptors (Lipinski definition) is 3. The van der Waals surface area contributed by atoms with E-state index in [0.29, 0.717) is 0 Å². The molecule has 4 rings (SSSR count). The molecule has 2 atom stereocenters. The zero-order valence-electron chi connectivity index (χ0n) is 16.4. The van der Waals surface area contributed by atoms with Crippen LogP contribution in [-0.4, -0.2) is 18.2 Å². The number of aromatic nitrogens is 1. The molecule has 1 aromatic heterocycles. The highest BCUT2D eigenvalue weighted by molar-refractivity contribution is 5.54. The van der Waals surface area contributed by atoms with Crippen LogP contribution in [0.4, 0.5) is 0 Å². The van der Waals surface area contributed by atoms with Gasteiger partial charge in [-0.15, -0.1) is 6.58 Å². The molecule has 3 heteroatoms. The summed E-state index contributed by atoms with van der Waals surface area (Å²) in [5.41, 5.74) is 2.00. The molecular formula is C25H27NO2. The molecule has 0 bridgehead atoms. The van der Waals surface area contributed by atoms with Gasteiger partial charge in [-0.05, 0) is 61.1 Å². The Morgan fingerprint density at radius 3 is 2.54 bits per heavy atom. The van der Waals surface area contributed by atoms with Gasteiger partial charge in [-0.2, -0.15) is 0 Å². The van der Waals surface area contributed by atoms with Crippen molar-refractivity contribution in [3.63, 3.8) is 0 Å². The molecule has 28 heavy (non-hydrogen) atoms. The molecule has 2 aromatic rings. The Morgan fingerprint density at radius 1 is 1.04 bits per heavy atom. The molecule has 1 aromatic carbocycles. The average molecular weight is 373 g/mol. The number of nitrogens with zero attached hydrogens (tertiary/aromatic N) is 1. The van der Waals surface area contributed by atoms with Crippen LogP contribution < -0.4 is 9.47 Å². The lowest BCUT2D eigenvalue weighted by molar-refractivity contribution is 0.200. The minimum atomic E-state index is -0.348. The first-order valence-electron chi connectivity index (χ1n) is 10.0. The van der Waals surface area contributed by atoms with Gasteiger partial charge in [-0.25, -0.2) is 0 Å². The van der Waals surface area contributed by atoms with E-state index >= 15 is 0 Å². The maximum absolute atomic E-state index is 6.37. The lowest BCUT2D eigenvalue weighted by Crippen LogP contribution is -2.34. The summed E-state index contributed by atoms with van der Waals surface area (Å²) in [6, 6.07) is 10.5. The maximum atomic E-state index is 6.37. The van der Waals surface area contributed by atoms with Crippen molar-refractivity contribution in [2.45, 2.75) is 37.2 Å². The fraction of sp³-hybridized carbons (Fsp3) is 0.320. The van der Waals surface area contributed by atoms with Gasteiger partial charge in [0.15, 0.2) is 11.5 Å². The maximum Gasteiger partial charge on any atom is 0.161 e. The van der Waals surface area contributed by atoms with Crippen LogP contribution in [0.25, 0.3) is 0 Å². The third-order valence-corrected chi connectivity index (χ3v) is 5.96. The molecule has 0 aliphatic heterocycles. The van der Waals surface area contributed by atoms with E-state index in [2.05, 4.69) is 60.1 Å². The first-order valence-corrected chi connectivity index (χ1v) is 10.0. The quantitative estimate of drug-likeness (QED) is 0.615. The number of allylic oxidation sites excluding steroid dienone is 5. The monoisotopic (exact) mass is 373 g/mol. The summed E-state index contributed by atoms with van der Waals surface area (Å²) >= 11 is 0. The summed E-state index contributed by atoms with van der Waals surface area (Å²) in [7, 11) is 1.70. The van der Waals surface area contributed by atoms with Crippen molar-refractivity contribution in [2.24, 2.45) is 5.92 Å². The van der Waals surface area contributed by atoms with Crippen LogP contribution >= 0.6 is 0 Å². The first-order chi connectivity index (χ1) is 13.8. The lowest BCUT2D eigenvalue weighted by Gasteiger charge is -2.38. The number of rotatable bonds is 6. The van der Waals surface area contributed by atoms with Gasteiger partial charge in [0.05, 0.1) is 13.2 Å². The Bertz CT molecular complexity index is 881. The van der Waals surface area contributed by atoms with Crippen LogP contribution in [0.3, 0.4) is 0 Å². The molecule has 1 saturated carbocycles. The summed E-state index contributed by atoms with van der Waals surface area (Å²) in [5.74, 6) is 1.74. The summed E-state index contributed by atoms with van der Waals surface area (Å²) in [6.07, 6.45) is 19.4. The molecule has 3 nitrogen and oxygen atoms in total. The molecule has 2 aliphatic carbocycles. The van der Waals surface area contributed by atoms with E-state index in [-0.39, 0.29) is 17.4 Å². The third kappa shape index (κ3) is 3.26. The van der Waals surface area contributed by atoms with Gasteiger partial charge in [0, 0.05) is 23.7 Å². The molecule has 2 unspecified atom stereocenters. The van der Waals surface area contributed by atoms with Crippen molar-refractivity contribution >= 4 is 0 Å². The van der Waals surface area contributed by atoms with Gasteiger partial charge < -0.3 is 9.47 Å². The zero-order valence-corrected chi connectivity index (χ0v) is 16.4. The number of methoxy groups -OCH3 is 1. The Kier molecular flexibility index (Phi) is 5.34. The predicted octanol–water partition coefficient (Wildman–Crippen LogP) is 5.63. The van der Waals surface area contributed by atoms with E-state index in [1.165, 1.54) is 18.4 Å². The Labute approximate surface area is 167 Å². The SMILES string of the molecule is C=CC1C=CC=CC1(c1ccncc1)c1ccc(OC)c(OC2CCCC2)c1. The fourth-order valence-corrected chi connectivity index (χ4v) is 4.50. The molecular weight excluding hydrogens is 346 g/mol. The van der Waals surface area contributed by atoms with E-state index in [4.69, 9.17) is 9.47 Å². The van der Waals surface area contributed by atoms with E-state index in [0.717, 1.165) is 29.9 Å². The number of pyridine rings is 1. The van der Waals surface area contributed by atoms with Gasteiger partial charge in [-0.3, -0.25) is 4.98 Å². The van der Waals surface area contributed by atoms with Gasteiger partial charge in [0.1, 0.15) is 0 Å². The van der Waals surface area contributed by atoms with Gasteiger partial charge in [0.25, 0.3) is 0 Å². The van der Waals surface area contributed by atoms with Crippen molar-refractivity contribution in [3.8, 4) is 11.5 Å². The first kappa shape index (κ1) is 18.5. The second-order valence-electron chi connectivity index (χ2n) is 7.50. The largest absolute Gasteiger partial charge is 0.493 e. The zero-order chi connectivity index (χ0) is 19.4. The molecule has 0 saturated heterocycles. The van der Waals surface area contributed by atoms with Crippen molar-refractivity contribution in [1.82, 2.24) is 4.98 Å². The Hall–Kier alpha value is -2.81. The number of hydrogen-bond donors (Lipinski definition) is 0. The normalized spacial score (nSPS) is 24.2. The fourth-order valence-electron chi connectivity index (χ4n) is 4.50. The molecule has 0 N–H and O–H groups in total. The van der Waals surface area contributed by atoms with Crippen LogP contribution in [0.15, 0.2) is 79.7 Å². The van der Waals surface area contributed by atoms with Crippen molar-refractivity contribution in [2.75, 3.05) is 7.11 Å². The smallest absolute Gasteiger partial charge is 0.161 e. The van der Waals surface area contributed by atoms with Crippen LogP contribution in [-0.2, 0) is 5.41 Å². The van der Waals surface area contributed by atoms with Gasteiger partial charge in [-0.1, -0.05) is 36.4 Å². The number of ether oxygens (including phenoxy) is 2. The Balaban J connectivity index is 1.84. The summed E-state index contributed by atoms with van der Waals surface area (Å²) in [5, 5.41) is 0. The molecule has 1 fully saturated rings. The topological polar surface area (TPSA) is 31.4 Å². The molecule has 0 radical (unpaired) electrons. The minimum Gasteiger partial charge on any atom is -0.493 e. The third-order valence-electron chi connectivity index (χ3n) is 5.96. The highest BCUT2D eigenvalue weighted by Gasteiger charge is 2.39. The van der Waals surface area contributed by atoms with Crippen LogP contribution in [0.1, 0.15) is 36.8 Å². The van der Waals surface area contributed by atoms with Crippen LogP contribution in [0.2, 0.25) is 0 Å². The summed E-state index contributed by atoms with van der Waals surface area (Å²) < 4.78 is 12.0. The van der Waals surface area contributed by atoms with Gasteiger partial charge in [0.2, 0.25) is 0 Å². The Morgan fingerprint density at radius 2 is 1.82 bits per heavy atom. The van der Waals surface area contributed by atoms with Crippen LogP contribution in [0.5, 0.6) is 11.5 Å². The summed E-state index contributed by atoms with van der Waals surface area (Å²) in [6.45, 7) is 4.11. The number of benzene rings is 1. The van der Waals surface area contributed by atoms with Crippen molar-refractivity contribution in [1.29, 1.82) is 0 Å². The summed E-state index contributed by atoms with van der Waals surface area (Å²) in [4.78, 5) is 4.22. The van der Waals surface area contributed by atoms with Gasteiger partial charge >= 0.3 is 0 Å². The van der Waals surface area contributed by atoms with Crippen molar-refractivity contribution < 1.29 is 9.47 Å². The van der Waals surface area contributed by atoms with E-state index < -0.39 is 0 Å². The molecule has 144 valence electrons. The molecule has 0 amide bonds. The predicted molar refractivity (Wildman–Crippen MR) is 113 cm³/mol. The van der Waals surface area contributed by atoms with Crippen LogP contribution in [0, 0.1) is 5.92 Å². The second-order valence-corrected chi connectivity index (χ2v) is 7.50. The molecule has 0 spiro atoms. The van der Waals surface area contributed by atoms with E-state index in [9.17, 15) is 0 Å². The highest BCUT2D eigenvalue weighted by Crippen LogP contribution is 2.46.